The SMILES string of the molecule is Cc1ncsc1C(=O)N1CCN(C2CCCC2)CC1. The molecule has 2 fully saturated rings. The van der Waals surface area contributed by atoms with Crippen LogP contribution in [0.1, 0.15) is 41.0 Å². The van der Waals surface area contributed by atoms with Gasteiger partial charge in [-0.15, -0.1) is 11.3 Å². The highest BCUT2D eigenvalue weighted by Crippen LogP contribution is 2.25. The molecule has 0 radical (unpaired) electrons. The summed E-state index contributed by atoms with van der Waals surface area (Å²) in [7, 11) is 0. The highest BCUT2D eigenvalue weighted by molar-refractivity contribution is 7.11. The zero-order valence-corrected chi connectivity index (χ0v) is 12.3. The van der Waals surface area contributed by atoms with E-state index in [-0.39, 0.29) is 5.91 Å². The number of hydrogen-bond acceptors (Lipinski definition) is 4. The van der Waals surface area contributed by atoms with E-state index < -0.39 is 0 Å². The van der Waals surface area contributed by atoms with Crippen molar-refractivity contribution in [2.75, 3.05) is 26.2 Å². The van der Waals surface area contributed by atoms with Gasteiger partial charge in [-0.1, -0.05) is 12.8 Å². The van der Waals surface area contributed by atoms with Gasteiger partial charge in [-0.25, -0.2) is 4.98 Å². The smallest absolute Gasteiger partial charge is 0.265 e. The zero-order chi connectivity index (χ0) is 13.2. The third-order valence-corrected chi connectivity index (χ3v) is 5.30. The second-order valence-corrected chi connectivity index (χ2v) is 6.39. The number of carbonyl (C=O) groups is 1. The van der Waals surface area contributed by atoms with E-state index in [1.165, 1.54) is 37.0 Å². The normalized spacial score (nSPS) is 22.1. The highest BCUT2D eigenvalue weighted by Gasteiger charge is 2.29. The summed E-state index contributed by atoms with van der Waals surface area (Å²) in [5.41, 5.74) is 2.63. The number of amides is 1. The van der Waals surface area contributed by atoms with E-state index >= 15 is 0 Å². The van der Waals surface area contributed by atoms with Gasteiger partial charge in [0.05, 0.1) is 11.2 Å². The second kappa shape index (κ2) is 5.59. The molecule has 2 aliphatic rings. The molecule has 0 bridgehead atoms. The molecule has 3 rings (SSSR count). The molecule has 0 N–H and O–H groups in total. The number of piperazine rings is 1. The first-order valence-corrected chi connectivity index (χ1v) is 8.07. The van der Waals surface area contributed by atoms with Gasteiger partial charge in [0.15, 0.2) is 0 Å². The van der Waals surface area contributed by atoms with E-state index in [0.717, 1.165) is 42.8 Å². The van der Waals surface area contributed by atoms with Crippen molar-refractivity contribution in [1.29, 1.82) is 0 Å². The van der Waals surface area contributed by atoms with Crippen LogP contribution in [0.25, 0.3) is 0 Å². The van der Waals surface area contributed by atoms with Gasteiger partial charge in [-0.05, 0) is 19.8 Å². The van der Waals surface area contributed by atoms with Gasteiger partial charge in [-0.3, -0.25) is 9.69 Å². The van der Waals surface area contributed by atoms with Crippen molar-refractivity contribution < 1.29 is 4.79 Å². The summed E-state index contributed by atoms with van der Waals surface area (Å²) in [5.74, 6) is 0.172. The Kier molecular flexibility index (Phi) is 3.84. The minimum absolute atomic E-state index is 0.172. The summed E-state index contributed by atoms with van der Waals surface area (Å²) in [4.78, 5) is 21.9. The largest absolute Gasteiger partial charge is 0.335 e. The average Bonchev–Trinajstić information content (AvgIpc) is 3.09. The molecule has 1 amide bonds. The van der Waals surface area contributed by atoms with E-state index in [1.807, 2.05) is 11.8 Å². The Labute approximate surface area is 118 Å². The predicted molar refractivity (Wildman–Crippen MR) is 76.6 cm³/mol. The summed E-state index contributed by atoms with van der Waals surface area (Å²) < 4.78 is 0. The lowest BCUT2D eigenvalue weighted by Crippen LogP contribution is -2.51. The van der Waals surface area contributed by atoms with Crippen LogP contribution in [-0.2, 0) is 0 Å². The Morgan fingerprint density at radius 3 is 2.53 bits per heavy atom. The molecule has 1 aliphatic heterocycles. The Morgan fingerprint density at radius 2 is 1.95 bits per heavy atom. The lowest BCUT2D eigenvalue weighted by molar-refractivity contribution is 0.0577. The first kappa shape index (κ1) is 13.1. The van der Waals surface area contributed by atoms with Crippen LogP contribution in [-0.4, -0.2) is 52.9 Å². The molecule has 1 aromatic heterocycles. The third-order valence-electron chi connectivity index (χ3n) is 4.38. The van der Waals surface area contributed by atoms with Crippen molar-refractivity contribution in [3.8, 4) is 0 Å². The molecular formula is C14H21N3OS. The standard InChI is InChI=1S/C14H21N3OS/c1-11-13(19-10-15-11)14(18)17-8-6-16(7-9-17)12-4-2-3-5-12/h10,12H,2-9H2,1H3. The molecule has 2 heterocycles. The average molecular weight is 279 g/mol. The number of aromatic nitrogens is 1. The first-order valence-electron chi connectivity index (χ1n) is 7.19. The Morgan fingerprint density at radius 1 is 1.26 bits per heavy atom. The zero-order valence-electron chi connectivity index (χ0n) is 11.5. The van der Waals surface area contributed by atoms with Crippen molar-refractivity contribution in [2.45, 2.75) is 38.6 Å². The summed E-state index contributed by atoms with van der Waals surface area (Å²) in [5, 5.41) is 0. The molecule has 1 saturated heterocycles. The molecule has 19 heavy (non-hydrogen) atoms. The first-order chi connectivity index (χ1) is 9.25. The maximum atomic E-state index is 12.4. The second-order valence-electron chi connectivity index (χ2n) is 5.53. The van der Waals surface area contributed by atoms with Gasteiger partial charge in [-0.2, -0.15) is 0 Å². The van der Waals surface area contributed by atoms with Crippen molar-refractivity contribution in [2.24, 2.45) is 0 Å². The quantitative estimate of drug-likeness (QED) is 0.832. The van der Waals surface area contributed by atoms with Crippen LogP contribution in [0.5, 0.6) is 0 Å². The van der Waals surface area contributed by atoms with Crippen LogP contribution in [0.15, 0.2) is 5.51 Å². The van der Waals surface area contributed by atoms with E-state index in [9.17, 15) is 4.79 Å². The minimum Gasteiger partial charge on any atom is -0.335 e. The van der Waals surface area contributed by atoms with Crippen LogP contribution >= 0.6 is 11.3 Å². The predicted octanol–water partition coefficient (Wildman–Crippen LogP) is 2.15. The molecule has 0 atom stereocenters. The maximum absolute atomic E-state index is 12.4. The van der Waals surface area contributed by atoms with Gasteiger partial charge >= 0.3 is 0 Å². The molecule has 1 aliphatic carbocycles. The van der Waals surface area contributed by atoms with Gasteiger partial charge in [0.2, 0.25) is 0 Å². The van der Waals surface area contributed by atoms with E-state index in [1.54, 1.807) is 5.51 Å². The molecular weight excluding hydrogens is 258 g/mol. The van der Waals surface area contributed by atoms with E-state index in [0.29, 0.717) is 0 Å². The van der Waals surface area contributed by atoms with Crippen LogP contribution in [0.3, 0.4) is 0 Å². The lowest BCUT2D eigenvalue weighted by Gasteiger charge is -2.37. The number of nitrogens with zero attached hydrogens (tertiary/aromatic N) is 3. The van der Waals surface area contributed by atoms with Crippen molar-refractivity contribution >= 4 is 17.2 Å². The Bertz CT molecular complexity index is 445. The number of thiazole rings is 1. The summed E-state index contributed by atoms with van der Waals surface area (Å²) in [6, 6.07) is 0.780. The summed E-state index contributed by atoms with van der Waals surface area (Å²) in [6.07, 6.45) is 5.46. The van der Waals surface area contributed by atoms with Gasteiger partial charge in [0.25, 0.3) is 5.91 Å². The molecule has 0 spiro atoms. The summed E-state index contributed by atoms with van der Waals surface area (Å²) >= 11 is 1.46. The minimum atomic E-state index is 0.172. The number of rotatable bonds is 2. The molecule has 0 unspecified atom stereocenters. The fraction of sp³-hybridized carbons (Fsp3) is 0.714. The molecule has 0 aromatic carbocycles. The maximum Gasteiger partial charge on any atom is 0.265 e. The fourth-order valence-electron chi connectivity index (χ4n) is 3.21. The van der Waals surface area contributed by atoms with Gasteiger partial charge in [0, 0.05) is 32.2 Å². The monoisotopic (exact) mass is 279 g/mol. The Hall–Kier alpha value is -0.940. The van der Waals surface area contributed by atoms with Crippen LogP contribution in [0.4, 0.5) is 0 Å². The number of carbonyl (C=O) groups excluding carboxylic acids is 1. The van der Waals surface area contributed by atoms with Crippen LogP contribution in [0, 0.1) is 6.92 Å². The molecule has 5 heteroatoms. The van der Waals surface area contributed by atoms with Gasteiger partial charge in [0.1, 0.15) is 4.88 Å². The number of hydrogen-bond donors (Lipinski definition) is 0. The van der Waals surface area contributed by atoms with Crippen molar-refractivity contribution in [3.63, 3.8) is 0 Å². The molecule has 1 saturated carbocycles. The van der Waals surface area contributed by atoms with Gasteiger partial charge < -0.3 is 4.90 Å². The van der Waals surface area contributed by atoms with Crippen molar-refractivity contribution in [3.05, 3.63) is 16.1 Å². The number of aryl methyl sites for hydroxylation is 1. The Balaban J connectivity index is 1.58. The topological polar surface area (TPSA) is 36.4 Å². The van der Waals surface area contributed by atoms with Crippen molar-refractivity contribution in [1.82, 2.24) is 14.8 Å². The lowest BCUT2D eigenvalue weighted by atomic mass is 10.2. The van der Waals surface area contributed by atoms with E-state index in [4.69, 9.17) is 0 Å². The van der Waals surface area contributed by atoms with Crippen LogP contribution < -0.4 is 0 Å². The third kappa shape index (κ3) is 2.67. The molecule has 1 aromatic rings. The van der Waals surface area contributed by atoms with Crippen LogP contribution in [0.2, 0.25) is 0 Å². The molecule has 104 valence electrons. The van der Waals surface area contributed by atoms with E-state index in [2.05, 4.69) is 9.88 Å². The molecule has 4 nitrogen and oxygen atoms in total. The fourth-order valence-corrected chi connectivity index (χ4v) is 3.98. The summed E-state index contributed by atoms with van der Waals surface area (Å²) in [6.45, 7) is 5.72. The highest BCUT2D eigenvalue weighted by atomic mass is 32.1.